The van der Waals surface area contributed by atoms with Gasteiger partial charge in [-0.2, -0.15) is 27.8 Å². The number of fused-ring (bicyclic) bond motifs is 1. The monoisotopic (exact) mass is 391 g/mol. The largest absolute Gasteiger partial charge is 0.444 e. The van der Waals surface area contributed by atoms with Crippen LogP contribution in [-0.2, 0) is 6.18 Å². The molecule has 0 atom stereocenters. The molecule has 0 N–H and O–H groups in total. The molecular formula is C19H20F3N5O. The van der Waals surface area contributed by atoms with Crippen molar-refractivity contribution in [3.05, 3.63) is 54.6 Å². The predicted octanol–water partition coefficient (Wildman–Crippen LogP) is 4.82. The van der Waals surface area contributed by atoms with Crippen molar-refractivity contribution in [1.29, 1.82) is 0 Å². The number of halogens is 3. The molecule has 0 radical (unpaired) electrons. The third kappa shape index (κ3) is 5.15. The summed E-state index contributed by atoms with van der Waals surface area (Å²) in [4.78, 5) is 11.9. The van der Waals surface area contributed by atoms with Crippen molar-refractivity contribution in [2.45, 2.75) is 26.4 Å². The molecular weight excluding hydrogens is 371 g/mol. The van der Waals surface area contributed by atoms with Gasteiger partial charge in [-0.1, -0.05) is 25.6 Å². The molecule has 9 heteroatoms. The molecule has 1 aromatic carbocycles. The Labute approximate surface area is 160 Å². The van der Waals surface area contributed by atoms with Crippen molar-refractivity contribution < 1.29 is 17.9 Å². The molecule has 148 valence electrons. The first-order chi connectivity index (χ1) is 13.3. The van der Waals surface area contributed by atoms with Gasteiger partial charge in [0.25, 0.3) is 5.78 Å². The molecule has 0 saturated heterocycles. The van der Waals surface area contributed by atoms with E-state index in [9.17, 15) is 13.2 Å². The highest BCUT2D eigenvalue weighted by Gasteiger charge is 2.30. The lowest BCUT2D eigenvalue weighted by molar-refractivity contribution is -0.137. The molecule has 0 fully saturated rings. The first-order valence-electron chi connectivity index (χ1n) is 8.41. The Balaban J connectivity index is 0.000000640. The number of aromatic nitrogens is 4. The fourth-order valence-electron chi connectivity index (χ4n) is 2.06. The predicted molar refractivity (Wildman–Crippen MR) is 101 cm³/mol. The Morgan fingerprint density at radius 3 is 2.46 bits per heavy atom. The van der Waals surface area contributed by atoms with Crippen molar-refractivity contribution in [2.24, 2.45) is 4.99 Å². The van der Waals surface area contributed by atoms with Crippen molar-refractivity contribution in [3.63, 3.8) is 0 Å². The second-order valence-electron chi connectivity index (χ2n) is 5.54. The zero-order valence-electron chi connectivity index (χ0n) is 15.7. The van der Waals surface area contributed by atoms with Gasteiger partial charge in [-0.3, -0.25) is 0 Å². The lowest BCUT2D eigenvalue weighted by atomic mass is 10.1. The van der Waals surface area contributed by atoms with Crippen LogP contribution in [0.4, 0.5) is 13.2 Å². The molecule has 0 spiro atoms. The number of hydrogen-bond acceptors (Lipinski definition) is 5. The summed E-state index contributed by atoms with van der Waals surface area (Å²) in [6.45, 7) is 7.55. The summed E-state index contributed by atoms with van der Waals surface area (Å²) in [6, 6.07) is 6.32. The minimum atomic E-state index is -4.38. The highest BCUT2D eigenvalue weighted by molar-refractivity contribution is 5.62. The van der Waals surface area contributed by atoms with Gasteiger partial charge < -0.3 is 9.73 Å². The molecule has 0 amide bonds. The molecule has 28 heavy (non-hydrogen) atoms. The number of alkyl halides is 3. The Kier molecular flexibility index (Phi) is 6.86. The summed E-state index contributed by atoms with van der Waals surface area (Å²) >= 11 is 0. The van der Waals surface area contributed by atoms with Gasteiger partial charge >= 0.3 is 6.18 Å². The van der Waals surface area contributed by atoms with Gasteiger partial charge in [0.15, 0.2) is 0 Å². The van der Waals surface area contributed by atoms with Crippen LogP contribution in [0, 0.1) is 0 Å². The van der Waals surface area contributed by atoms with E-state index in [0.29, 0.717) is 29.3 Å². The van der Waals surface area contributed by atoms with Gasteiger partial charge in [0, 0.05) is 25.1 Å². The molecule has 2 aromatic heterocycles. The van der Waals surface area contributed by atoms with E-state index in [0.717, 1.165) is 12.1 Å². The third-order valence-electron chi connectivity index (χ3n) is 3.63. The molecule has 0 bridgehead atoms. The fourth-order valence-corrected chi connectivity index (χ4v) is 2.06. The van der Waals surface area contributed by atoms with E-state index in [-0.39, 0.29) is 5.78 Å². The van der Waals surface area contributed by atoms with Crippen LogP contribution in [0.3, 0.4) is 0 Å². The highest BCUT2D eigenvalue weighted by atomic mass is 19.4. The van der Waals surface area contributed by atoms with Gasteiger partial charge in [-0.25, -0.2) is 4.98 Å². The first kappa shape index (κ1) is 21.1. The Hall–Kier alpha value is -3.23. The van der Waals surface area contributed by atoms with E-state index in [2.05, 4.69) is 26.6 Å². The van der Waals surface area contributed by atoms with Crippen LogP contribution in [-0.4, -0.2) is 32.8 Å². The molecule has 0 aliphatic rings. The molecule has 0 unspecified atom stereocenters. The lowest BCUT2D eigenvalue weighted by Crippen LogP contribution is -2.04. The molecule has 0 aliphatic carbocycles. The number of hydrogen-bond donors (Lipinski definition) is 0. The maximum absolute atomic E-state index is 12.7. The van der Waals surface area contributed by atoms with Crippen LogP contribution in [0.1, 0.15) is 25.8 Å². The Bertz CT molecular complexity index is 958. The molecule has 3 rings (SSSR count). The van der Waals surface area contributed by atoms with Crippen LogP contribution in [0.15, 0.2) is 54.0 Å². The standard InChI is InChI=1S/C16H13F3N4O.C3H7N/c1-3-10(2)24-14-8-13(22-15-20-9-21-23(14)15)11-4-6-12(7-5-11)16(17,18)19;1-3-4-2/h4-9H,2-3H2,1H3;3H,1-2H3. The fraction of sp³-hybridized carbons (Fsp3) is 0.263. The van der Waals surface area contributed by atoms with E-state index >= 15 is 0 Å². The summed E-state index contributed by atoms with van der Waals surface area (Å²) in [5, 5.41) is 4.02. The highest BCUT2D eigenvalue weighted by Crippen LogP contribution is 2.31. The average Bonchev–Trinajstić information content (AvgIpc) is 3.16. The van der Waals surface area contributed by atoms with Gasteiger partial charge in [0.1, 0.15) is 6.33 Å². The van der Waals surface area contributed by atoms with E-state index in [1.54, 1.807) is 19.3 Å². The number of benzene rings is 1. The quantitative estimate of drug-likeness (QED) is 0.472. The topological polar surface area (TPSA) is 64.7 Å². The second-order valence-corrected chi connectivity index (χ2v) is 5.54. The summed E-state index contributed by atoms with van der Waals surface area (Å²) in [5.41, 5.74) is 0.231. The van der Waals surface area contributed by atoms with Gasteiger partial charge in [-0.15, -0.1) is 0 Å². The van der Waals surface area contributed by atoms with Gasteiger partial charge in [0.2, 0.25) is 5.88 Å². The zero-order valence-corrected chi connectivity index (χ0v) is 15.7. The van der Waals surface area contributed by atoms with E-state index in [4.69, 9.17) is 4.74 Å². The van der Waals surface area contributed by atoms with Crippen LogP contribution < -0.4 is 4.74 Å². The number of allylic oxidation sites excluding steroid dienone is 1. The summed E-state index contributed by atoms with van der Waals surface area (Å²) in [5.74, 6) is 1.15. The van der Waals surface area contributed by atoms with Gasteiger partial charge in [0.05, 0.1) is 17.0 Å². The van der Waals surface area contributed by atoms with Crippen LogP contribution in [0.2, 0.25) is 0 Å². The van der Waals surface area contributed by atoms with Crippen LogP contribution in [0.25, 0.3) is 17.0 Å². The Morgan fingerprint density at radius 1 is 1.29 bits per heavy atom. The molecule has 6 nitrogen and oxygen atoms in total. The van der Waals surface area contributed by atoms with Crippen LogP contribution >= 0.6 is 0 Å². The summed E-state index contributed by atoms with van der Waals surface area (Å²) in [7, 11) is 1.75. The summed E-state index contributed by atoms with van der Waals surface area (Å²) < 4.78 is 45.0. The minimum absolute atomic E-state index is 0.284. The maximum Gasteiger partial charge on any atom is 0.416 e. The molecule has 0 aliphatic heterocycles. The molecule has 2 heterocycles. The number of rotatable bonds is 4. The molecule has 0 saturated carbocycles. The summed E-state index contributed by atoms with van der Waals surface area (Å²) in [6.07, 6.45) is -0.704. The van der Waals surface area contributed by atoms with E-state index in [1.165, 1.54) is 23.0 Å². The maximum atomic E-state index is 12.7. The minimum Gasteiger partial charge on any atom is -0.444 e. The average molecular weight is 391 g/mol. The van der Waals surface area contributed by atoms with Crippen molar-refractivity contribution in [2.75, 3.05) is 7.05 Å². The number of nitrogens with zero attached hydrogens (tertiary/aromatic N) is 5. The van der Waals surface area contributed by atoms with Crippen molar-refractivity contribution in [3.8, 4) is 17.1 Å². The third-order valence-corrected chi connectivity index (χ3v) is 3.63. The van der Waals surface area contributed by atoms with Crippen LogP contribution in [0.5, 0.6) is 5.88 Å². The molecule has 3 aromatic rings. The smallest absolute Gasteiger partial charge is 0.416 e. The number of aliphatic imine (C=N–C) groups is 1. The van der Waals surface area contributed by atoms with E-state index < -0.39 is 11.7 Å². The first-order valence-corrected chi connectivity index (χ1v) is 8.41. The van der Waals surface area contributed by atoms with E-state index in [1.807, 2.05) is 13.8 Å². The SMILES string of the molecule is C=C(CC)Oc1cc(-c2ccc(C(F)(F)F)cc2)nc2ncnn12.CC=NC. The zero-order chi connectivity index (χ0) is 20.7. The second kappa shape index (κ2) is 9.12. The normalized spacial score (nSPS) is 11.4. The van der Waals surface area contributed by atoms with Crippen molar-refractivity contribution in [1.82, 2.24) is 19.6 Å². The number of ether oxygens (including phenoxy) is 1. The van der Waals surface area contributed by atoms with Gasteiger partial charge in [-0.05, 0) is 25.3 Å². The van der Waals surface area contributed by atoms with Crippen molar-refractivity contribution >= 4 is 12.0 Å². The Morgan fingerprint density at radius 2 is 1.93 bits per heavy atom. The lowest BCUT2D eigenvalue weighted by Gasteiger charge is -2.11.